The zero-order chi connectivity index (χ0) is 20.2. The number of hydrogen-bond donors (Lipinski definition) is 1. The molecule has 1 N–H and O–H groups in total. The van der Waals surface area contributed by atoms with Gasteiger partial charge in [0.1, 0.15) is 11.9 Å². The molecule has 3 atom stereocenters. The van der Waals surface area contributed by atoms with Gasteiger partial charge in [-0.25, -0.2) is 0 Å². The Kier molecular flexibility index (Phi) is 9.49. The van der Waals surface area contributed by atoms with Gasteiger partial charge in [0, 0.05) is 6.42 Å². The fourth-order valence-corrected chi connectivity index (χ4v) is 2.87. The van der Waals surface area contributed by atoms with Gasteiger partial charge in [-0.3, -0.25) is 0 Å². The molecule has 4 heteroatoms. The van der Waals surface area contributed by atoms with Crippen LogP contribution in [0.15, 0.2) is 79.9 Å². The Morgan fingerprint density at radius 2 is 1.57 bits per heavy atom. The van der Waals surface area contributed by atoms with Gasteiger partial charge in [-0.2, -0.15) is 0 Å². The Morgan fingerprint density at radius 3 is 2.18 bits per heavy atom. The van der Waals surface area contributed by atoms with Crippen LogP contribution in [0.1, 0.15) is 24.0 Å². The van der Waals surface area contributed by atoms with Crippen LogP contribution in [0.4, 0.5) is 0 Å². The Labute approximate surface area is 168 Å². The second-order valence-corrected chi connectivity index (χ2v) is 6.61. The van der Waals surface area contributed by atoms with Gasteiger partial charge in [0.15, 0.2) is 0 Å². The summed E-state index contributed by atoms with van der Waals surface area (Å²) < 4.78 is 17.4. The summed E-state index contributed by atoms with van der Waals surface area (Å²) in [6, 6.07) is 17.7. The minimum atomic E-state index is -0.537. The van der Waals surface area contributed by atoms with Crippen LogP contribution in [0.25, 0.3) is 0 Å². The fourth-order valence-electron chi connectivity index (χ4n) is 2.87. The molecular formula is C24H30O4. The lowest BCUT2D eigenvalue weighted by Crippen LogP contribution is -2.33. The number of hydrogen-bond acceptors (Lipinski definition) is 4. The van der Waals surface area contributed by atoms with Crippen LogP contribution in [0, 0.1) is 0 Å². The van der Waals surface area contributed by atoms with Crippen molar-refractivity contribution in [1.29, 1.82) is 0 Å². The van der Waals surface area contributed by atoms with Crippen molar-refractivity contribution in [2.75, 3.05) is 7.11 Å². The molecule has 0 bridgehead atoms. The summed E-state index contributed by atoms with van der Waals surface area (Å²) in [7, 11) is 1.64. The van der Waals surface area contributed by atoms with Gasteiger partial charge in [-0.15, -0.1) is 13.2 Å². The molecule has 0 radical (unpaired) electrons. The van der Waals surface area contributed by atoms with E-state index in [1.807, 2.05) is 54.6 Å². The molecule has 4 nitrogen and oxygen atoms in total. The van der Waals surface area contributed by atoms with Crippen molar-refractivity contribution in [3.63, 3.8) is 0 Å². The third kappa shape index (κ3) is 7.31. The van der Waals surface area contributed by atoms with Crippen LogP contribution in [0.2, 0.25) is 0 Å². The van der Waals surface area contributed by atoms with Gasteiger partial charge in [0.2, 0.25) is 0 Å². The smallest absolute Gasteiger partial charge is 0.118 e. The molecule has 150 valence electrons. The van der Waals surface area contributed by atoms with E-state index in [0.29, 0.717) is 26.1 Å². The summed E-state index contributed by atoms with van der Waals surface area (Å²) in [6.45, 7) is 8.46. The Balaban J connectivity index is 2.01. The number of methoxy groups -OCH3 is 1. The second kappa shape index (κ2) is 12.1. The zero-order valence-corrected chi connectivity index (χ0v) is 16.5. The highest BCUT2D eigenvalue weighted by Gasteiger charge is 2.23. The predicted molar refractivity (Wildman–Crippen MR) is 112 cm³/mol. The molecule has 2 rings (SSSR count). The molecule has 0 aliphatic heterocycles. The molecule has 0 fully saturated rings. The minimum Gasteiger partial charge on any atom is -0.497 e. The maximum absolute atomic E-state index is 10.2. The van der Waals surface area contributed by atoms with Gasteiger partial charge in [0.25, 0.3) is 0 Å². The number of ether oxygens (including phenoxy) is 3. The van der Waals surface area contributed by atoms with Gasteiger partial charge >= 0.3 is 0 Å². The van der Waals surface area contributed by atoms with Crippen molar-refractivity contribution >= 4 is 0 Å². The lowest BCUT2D eigenvalue weighted by molar-refractivity contribution is -0.0812. The Hall–Kier alpha value is -2.40. The van der Waals surface area contributed by atoms with Crippen LogP contribution >= 0.6 is 0 Å². The molecule has 0 aromatic heterocycles. The van der Waals surface area contributed by atoms with Gasteiger partial charge in [0.05, 0.1) is 32.5 Å². The van der Waals surface area contributed by atoms with Crippen molar-refractivity contribution in [2.24, 2.45) is 0 Å². The van der Waals surface area contributed by atoms with Crippen molar-refractivity contribution in [3.8, 4) is 5.75 Å². The predicted octanol–water partition coefficient (Wildman–Crippen LogP) is 4.68. The molecular weight excluding hydrogens is 352 g/mol. The summed E-state index contributed by atoms with van der Waals surface area (Å²) in [6.07, 6.45) is 3.20. The van der Waals surface area contributed by atoms with Crippen LogP contribution in [0.5, 0.6) is 5.75 Å². The van der Waals surface area contributed by atoms with Crippen LogP contribution in [-0.2, 0) is 22.7 Å². The topological polar surface area (TPSA) is 47.9 Å². The fraction of sp³-hybridized carbons (Fsp3) is 0.333. The lowest BCUT2D eigenvalue weighted by Gasteiger charge is -2.27. The van der Waals surface area contributed by atoms with E-state index in [2.05, 4.69) is 13.2 Å². The molecule has 0 spiro atoms. The van der Waals surface area contributed by atoms with E-state index in [4.69, 9.17) is 14.2 Å². The lowest BCUT2D eigenvalue weighted by atomic mass is 10.0. The van der Waals surface area contributed by atoms with Gasteiger partial charge < -0.3 is 19.3 Å². The standard InChI is InChI=1S/C24H30O4/c1-4-9-21(25)16-24(28-17-19-10-7-6-8-11-19)23(5-2)27-18-20-12-14-22(26-3)15-13-20/h4-8,10-15,21,23-25H,1-2,9,16-18H2,3H3/t21-,23+,24+/m0/s1. The average Bonchev–Trinajstić information content (AvgIpc) is 2.73. The van der Waals surface area contributed by atoms with Crippen molar-refractivity contribution < 1.29 is 19.3 Å². The summed E-state index contributed by atoms with van der Waals surface area (Å²) in [5, 5.41) is 10.2. The monoisotopic (exact) mass is 382 g/mol. The van der Waals surface area contributed by atoms with Crippen molar-refractivity contribution in [1.82, 2.24) is 0 Å². The quantitative estimate of drug-likeness (QED) is 0.511. The Bertz CT molecular complexity index is 696. The minimum absolute atomic E-state index is 0.314. The van der Waals surface area contributed by atoms with E-state index in [9.17, 15) is 5.11 Å². The molecule has 0 unspecified atom stereocenters. The zero-order valence-electron chi connectivity index (χ0n) is 16.5. The number of benzene rings is 2. The van der Waals surface area contributed by atoms with E-state index < -0.39 is 6.10 Å². The summed E-state index contributed by atoms with van der Waals surface area (Å²) in [5.74, 6) is 0.806. The Morgan fingerprint density at radius 1 is 0.929 bits per heavy atom. The van der Waals surface area contributed by atoms with Gasteiger partial charge in [-0.1, -0.05) is 54.6 Å². The molecule has 0 aliphatic carbocycles. The van der Waals surface area contributed by atoms with Crippen molar-refractivity contribution in [2.45, 2.75) is 44.4 Å². The summed E-state index contributed by atoms with van der Waals surface area (Å²) in [4.78, 5) is 0. The average molecular weight is 383 g/mol. The largest absolute Gasteiger partial charge is 0.497 e. The van der Waals surface area contributed by atoms with Crippen LogP contribution in [-0.4, -0.2) is 30.5 Å². The molecule has 28 heavy (non-hydrogen) atoms. The van der Waals surface area contributed by atoms with Crippen molar-refractivity contribution in [3.05, 3.63) is 91.0 Å². The highest BCUT2D eigenvalue weighted by molar-refractivity contribution is 5.26. The first-order valence-corrected chi connectivity index (χ1v) is 9.47. The second-order valence-electron chi connectivity index (χ2n) is 6.61. The molecule has 0 aliphatic rings. The highest BCUT2D eigenvalue weighted by atomic mass is 16.5. The first-order chi connectivity index (χ1) is 13.7. The van der Waals surface area contributed by atoms with Crippen LogP contribution in [0.3, 0.4) is 0 Å². The number of aliphatic hydroxyl groups is 1. The highest BCUT2D eigenvalue weighted by Crippen LogP contribution is 2.19. The summed E-state index contributed by atoms with van der Waals surface area (Å²) in [5.41, 5.74) is 2.10. The number of rotatable bonds is 13. The SMILES string of the molecule is C=CC[C@H](O)C[C@@H](OCc1ccccc1)[C@@H](C=C)OCc1ccc(OC)cc1. The molecule has 2 aromatic rings. The molecule has 0 amide bonds. The van der Waals surface area contributed by atoms with E-state index in [1.165, 1.54) is 0 Å². The normalized spacial score (nSPS) is 14.1. The maximum Gasteiger partial charge on any atom is 0.118 e. The van der Waals surface area contributed by atoms with E-state index >= 15 is 0 Å². The van der Waals surface area contributed by atoms with E-state index in [1.54, 1.807) is 19.3 Å². The molecule has 2 aromatic carbocycles. The third-order valence-electron chi connectivity index (χ3n) is 4.45. The molecule has 0 saturated carbocycles. The van der Waals surface area contributed by atoms with E-state index in [-0.39, 0.29) is 12.2 Å². The third-order valence-corrected chi connectivity index (χ3v) is 4.45. The number of aliphatic hydroxyl groups excluding tert-OH is 1. The van der Waals surface area contributed by atoms with E-state index in [0.717, 1.165) is 16.9 Å². The molecule has 0 saturated heterocycles. The summed E-state index contributed by atoms with van der Waals surface area (Å²) >= 11 is 0. The first kappa shape index (κ1) is 21.9. The van der Waals surface area contributed by atoms with Gasteiger partial charge in [-0.05, 0) is 29.7 Å². The first-order valence-electron chi connectivity index (χ1n) is 9.47. The molecule has 0 heterocycles. The maximum atomic E-state index is 10.2. The van der Waals surface area contributed by atoms with Crippen LogP contribution < -0.4 is 4.74 Å².